The summed E-state index contributed by atoms with van der Waals surface area (Å²) in [5.74, 6) is 1.29. The third-order valence-corrected chi connectivity index (χ3v) is 3.56. The number of aromatic nitrogens is 2. The first-order valence-electron chi connectivity index (χ1n) is 6.96. The molecule has 0 unspecified atom stereocenters. The minimum absolute atomic E-state index is 0.326. The molecule has 0 saturated carbocycles. The lowest BCUT2D eigenvalue weighted by atomic mass is 10.1. The van der Waals surface area contributed by atoms with Gasteiger partial charge < -0.3 is 9.67 Å². The van der Waals surface area contributed by atoms with Crippen molar-refractivity contribution < 1.29 is 5.11 Å². The van der Waals surface area contributed by atoms with E-state index in [0.717, 1.165) is 41.0 Å². The number of rotatable bonds is 3. The first kappa shape index (κ1) is 12.7. The Hall–Kier alpha value is -2.29. The van der Waals surface area contributed by atoms with E-state index in [-0.39, 0.29) is 0 Å². The van der Waals surface area contributed by atoms with Gasteiger partial charge in [-0.05, 0) is 49.2 Å². The minimum atomic E-state index is 0.326. The fourth-order valence-corrected chi connectivity index (χ4v) is 2.54. The number of phenolic OH excluding ortho intramolecular Hbond substituents is 1. The highest BCUT2D eigenvalue weighted by Crippen LogP contribution is 2.28. The predicted molar refractivity (Wildman–Crippen MR) is 81.9 cm³/mol. The van der Waals surface area contributed by atoms with Crippen molar-refractivity contribution in [1.82, 2.24) is 9.55 Å². The molecule has 0 saturated heterocycles. The Balaban J connectivity index is 2.23. The summed E-state index contributed by atoms with van der Waals surface area (Å²) in [5, 5.41) is 9.68. The standard InChI is InChI=1S/C17H18N2O/c1-3-10-19-15-7-5-4-6-14(15)18-17(19)13-8-9-16(20)12(2)11-13/h4-9,11,20H,3,10H2,1-2H3. The second-order valence-electron chi connectivity index (χ2n) is 5.08. The summed E-state index contributed by atoms with van der Waals surface area (Å²) in [5.41, 5.74) is 4.10. The van der Waals surface area contributed by atoms with Crippen LogP contribution < -0.4 is 0 Å². The molecule has 3 nitrogen and oxygen atoms in total. The maximum atomic E-state index is 9.68. The number of benzene rings is 2. The van der Waals surface area contributed by atoms with Crippen molar-refractivity contribution in [2.75, 3.05) is 0 Å². The molecule has 1 N–H and O–H groups in total. The predicted octanol–water partition coefficient (Wildman–Crippen LogP) is 4.13. The van der Waals surface area contributed by atoms with Crippen LogP contribution in [0.25, 0.3) is 22.4 Å². The zero-order chi connectivity index (χ0) is 14.1. The second-order valence-corrected chi connectivity index (χ2v) is 5.08. The van der Waals surface area contributed by atoms with Gasteiger partial charge in [0.1, 0.15) is 11.6 Å². The van der Waals surface area contributed by atoms with Crippen molar-refractivity contribution in [1.29, 1.82) is 0 Å². The zero-order valence-electron chi connectivity index (χ0n) is 11.8. The van der Waals surface area contributed by atoms with Crippen molar-refractivity contribution in [3.8, 4) is 17.1 Å². The molecule has 0 fully saturated rings. The number of phenols is 1. The van der Waals surface area contributed by atoms with Crippen LogP contribution in [-0.2, 0) is 6.54 Å². The monoisotopic (exact) mass is 266 g/mol. The molecule has 3 heteroatoms. The maximum Gasteiger partial charge on any atom is 0.141 e. The molecule has 0 radical (unpaired) electrons. The smallest absolute Gasteiger partial charge is 0.141 e. The van der Waals surface area contributed by atoms with Gasteiger partial charge in [0.15, 0.2) is 0 Å². The molecular formula is C17H18N2O. The average Bonchev–Trinajstić information content (AvgIpc) is 2.82. The van der Waals surface area contributed by atoms with Crippen LogP contribution >= 0.6 is 0 Å². The van der Waals surface area contributed by atoms with E-state index in [9.17, 15) is 5.11 Å². The van der Waals surface area contributed by atoms with Gasteiger partial charge >= 0.3 is 0 Å². The van der Waals surface area contributed by atoms with Gasteiger partial charge in [-0.1, -0.05) is 19.1 Å². The fraction of sp³-hybridized carbons (Fsp3) is 0.235. The van der Waals surface area contributed by atoms with Gasteiger partial charge in [0.25, 0.3) is 0 Å². The summed E-state index contributed by atoms with van der Waals surface area (Å²) in [6, 6.07) is 13.9. The van der Waals surface area contributed by atoms with E-state index in [1.165, 1.54) is 0 Å². The number of para-hydroxylation sites is 2. The van der Waals surface area contributed by atoms with Gasteiger partial charge in [0, 0.05) is 12.1 Å². The van der Waals surface area contributed by atoms with Crippen LogP contribution in [0.1, 0.15) is 18.9 Å². The van der Waals surface area contributed by atoms with Crippen molar-refractivity contribution in [2.45, 2.75) is 26.8 Å². The Bertz CT molecular complexity index is 759. The molecule has 20 heavy (non-hydrogen) atoms. The van der Waals surface area contributed by atoms with Gasteiger partial charge in [-0.3, -0.25) is 0 Å². The van der Waals surface area contributed by atoms with E-state index >= 15 is 0 Å². The third-order valence-electron chi connectivity index (χ3n) is 3.56. The molecule has 102 valence electrons. The fourth-order valence-electron chi connectivity index (χ4n) is 2.54. The van der Waals surface area contributed by atoms with E-state index in [4.69, 9.17) is 4.98 Å². The largest absolute Gasteiger partial charge is 0.508 e. The van der Waals surface area contributed by atoms with Gasteiger partial charge in [0.2, 0.25) is 0 Å². The second kappa shape index (κ2) is 5.00. The molecule has 1 heterocycles. The summed E-state index contributed by atoms with van der Waals surface area (Å²) in [6.45, 7) is 5.02. The highest BCUT2D eigenvalue weighted by Gasteiger charge is 2.12. The van der Waals surface area contributed by atoms with Crippen LogP contribution in [0.4, 0.5) is 0 Å². The number of aromatic hydroxyl groups is 1. The first-order valence-corrected chi connectivity index (χ1v) is 6.96. The molecule has 0 atom stereocenters. The summed E-state index contributed by atoms with van der Waals surface area (Å²) < 4.78 is 2.25. The highest BCUT2D eigenvalue weighted by atomic mass is 16.3. The van der Waals surface area contributed by atoms with Gasteiger partial charge in [-0.25, -0.2) is 4.98 Å². The number of hydrogen-bond donors (Lipinski definition) is 1. The molecule has 3 aromatic rings. The van der Waals surface area contributed by atoms with Crippen LogP contribution in [-0.4, -0.2) is 14.7 Å². The first-order chi connectivity index (χ1) is 9.70. The average molecular weight is 266 g/mol. The molecule has 3 rings (SSSR count). The summed E-state index contributed by atoms with van der Waals surface area (Å²) in [4.78, 5) is 4.75. The molecule has 0 bridgehead atoms. The van der Waals surface area contributed by atoms with Crippen LogP contribution in [0, 0.1) is 6.92 Å². The zero-order valence-corrected chi connectivity index (χ0v) is 11.8. The molecule has 1 aromatic heterocycles. The number of fused-ring (bicyclic) bond motifs is 1. The van der Waals surface area contributed by atoms with Crippen LogP contribution in [0.5, 0.6) is 5.75 Å². The molecule has 0 aliphatic carbocycles. The minimum Gasteiger partial charge on any atom is -0.508 e. The summed E-state index contributed by atoms with van der Waals surface area (Å²) >= 11 is 0. The highest BCUT2D eigenvalue weighted by molar-refractivity contribution is 5.80. The number of hydrogen-bond acceptors (Lipinski definition) is 2. The number of aryl methyl sites for hydroxylation is 2. The molecule has 0 amide bonds. The Morgan fingerprint density at radius 1 is 1.15 bits per heavy atom. The number of nitrogens with zero attached hydrogens (tertiary/aromatic N) is 2. The van der Waals surface area contributed by atoms with Crippen molar-refractivity contribution in [3.05, 3.63) is 48.0 Å². The Morgan fingerprint density at radius 2 is 1.95 bits per heavy atom. The lowest BCUT2D eigenvalue weighted by Crippen LogP contribution is -1.99. The molecule has 0 spiro atoms. The molecular weight excluding hydrogens is 248 g/mol. The quantitative estimate of drug-likeness (QED) is 0.774. The lowest BCUT2D eigenvalue weighted by molar-refractivity contribution is 0.471. The molecule has 2 aromatic carbocycles. The van der Waals surface area contributed by atoms with Crippen LogP contribution in [0.3, 0.4) is 0 Å². The normalized spacial score (nSPS) is 11.1. The van der Waals surface area contributed by atoms with Crippen LogP contribution in [0.2, 0.25) is 0 Å². The lowest BCUT2D eigenvalue weighted by Gasteiger charge is -2.09. The SMILES string of the molecule is CCCn1c(-c2ccc(O)c(C)c2)nc2ccccc21. The maximum absolute atomic E-state index is 9.68. The van der Waals surface area contributed by atoms with E-state index < -0.39 is 0 Å². The van der Waals surface area contributed by atoms with Crippen molar-refractivity contribution in [2.24, 2.45) is 0 Å². The molecule has 0 aliphatic heterocycles. The van der Waals surface area contributed by atoms with Crippen LogP contribution in [0.15, 0.2) is 42.5 Å². The molecule has 0 aliphatic rings. The van der Waals surface area contributed by atoms with Crippen molar-refractivity contribution >= 4 is 11.0 Å². The Morgan fingerprint density at radius 3 is 2.70 bits per heavy atom. The number of imidazole rings is 1. The van der Waals surface area contributed by atoms with Gasteiger partial charge in [0.05, 0.1) is 11.0 Å². The Labute approximate surface area is 118 Å². The van der Waals surface area contributed by atoms with Gasteiger partial charge in [-0.15, -0.1) is 0 Å². The Kier molecular flexibility index (Phi) is 3.18. The van der Waals surface area contributed by atoms with E-state index in [0.29, 0.717) is 5.75 Å². The summed E-state index contributed by atoms with van der Waals surface area (Å²) in [7, 11) is 0. The van der Waals surface area contributed by atoms with E-state index in [1.54, 1.807) is 6.07 Å². The van der Waals surface area contributed by atoms with E-state index in [1.807, 2.05) is 37.3 Å². The third kappa shape index (κ3) is 2.05. The van der Waals surface area contributed by atoms with E-state index in [2.05, 4.69) is 17.6 Å². The van der Waals surface area contributed by atoms with Gasteiger partial charge in [-0.2, -0.15) is 0 Å². The van der Waals surface area contributed by atoms with Crippen molar-refractivity contribution in [3.63, 3.8) is 0 Å². The summed E-state index contributed by atoms with van der Waals surface area (Å²) in [6.07, 6.45) is 1.06. The topological polar surface area (TPSA) is 38.0 Å².